The first-order valence-electron chi connectivity index (χ1n) is 6.50. The average Bonchev–Trinajstić information content (AvgIpc) is 2.48. The van der Waals surface area contributed by atoms with Crippen molar-refractivity contribution in [2.24, 2.45) is 0 Å². The second-order valence-electron chi connectivity index (χ2n) is 4.81. The Bertz CT molecular complexity index is 519. The Balaban J connectivity index is 2.01. The first kappa shape index (κ1) is 15.2. The lowest BCUT2D eigenvalue weighted by molar-refractivity contribution is -0.0611. The SMILES string of the molecule is CC1COC(CO)CN1C(=O)Nc1ccc(C(=O)O)nc1. The van der Waals surface area contributed by atoms with E-state index in [4.69, 9.17) is 14.9 Å². The predicted molar refractivity (Wildman–Crippen MR) is 73.2 cm³/mol. The fraction of sp³-hybridized carbons (Fsp3) is 0.462. The number of hydrogen-bond acceptors (Lipinski definition) is 5. The molecule has 1 fully saturated rings. The zero-order chi connectivity index (χ0) is 15.4. The third kappa shape index (κ3) is 3.67. The Morgan fingerprint density at radius 3 is 2.86 bits per heavy atom. The molecule has 21 heavy (non-hydrogen) atoms. The van der Waals surface area contributed by atoms with Crippen LogP contribution in [0.1, 0.15) is 17.4 Å². The van der Waals surface area contributed by atoms with Crippen molar-refractivity contribution in [3.63, 3.8) is 0 Å². The summed E-state index contributed by atoms with van der Waals surface area (Å²) in [7, 11) is 0. The van der Waals surface area contributed by atoms with Gasteiger partial charge in [0, 0.05) is 0 Å². The molecule has 2 atom stereocenters. The number of ether oxygens (including phenoxy) is 1. The Kier molecular flexibility index (Phi) is 4.71. The molecule has 0 bridgehead atoms. The van der Waals surface area contributed by atoms with Crippen LogP contribution in [-0.4, -0.2) is 64.0 Å². The number of carboxylic acid groups (broad SMARTS) is 1. The van der Waals surface area contributed by atoms with Gasteiger partial charge < -0.3 is 25.2 Å². The minimum atomic E-state index is -1.12. The maximum absolute atomic E-state index is 12.2. The lowest BCUT2D eigenvalue weighted by Gasteiger charge is -2.37. The van der Waals surface area contributed by atoms with Gasteiger partial charge in [-0.25, -0.2) is 14.6 Å². The van der Waals surface area contributed by atoms with Gasteiger partial charge in [-0.05, 0) is 19.1 Å². The summed E-state index contributed by atoms with van der Waals surface area (Å²) in [5.74, 6) is -1.12. The second kappa shape index (κ2) is 6.51. The molecule has 2 heterocycles. The van der Waals surface area contributed by atoms with E-state index >= 15 is 0 Å². The topological polar surface area (TPSA) is 112 Å². The molecule has 3 N–H and O–H groups in total. The number of rotatable bonds is 3. The van der Waals surface area contributed by atoms with E-state index in [1.807, 2.05) is 6.92 Å². The average molecular weight is 295 g/mol. The van der Waals surface area contributed by atoms with Crippen molar-refractivity contribution in [1.82, 2.24) is 9.88 Å². The number of nitrogens with zero attached hydrogens (tertiary/aromatic N) is 2. The lowest BCUT2D eigenvalue weighted by atomic mass is 10.2. The molecular formula is C13H17N3O5. The number of aromatic nitrogens is 1. The molecule has 0 saturated carbocycles. The van der Waals surface area contributed by atoms with Crippen LogP contribution in [0.4, 0.5) is 10.5 Å². The van der Waals surface area contributed by atoms with Crippen molar-refractivity contribution in [2.75, 3.05) is 25.1 Å². The van der Waals surface area contributed by atoms with Crippen LogP contribution in [0.3, 0.4) is 0 Å². The van der Waals surface area contributed by atoms with Crippen LogP contribution in [0.25, 0.3) is 0 Å². The van der Waals surface area contributed by atoms with Gasteiger partial charge in [-0.15, -0.1) is 0 Å². The van der Waals surface area contributed by atoms with Gasteiger partial charge in [0.05, 0.1) is 43.8 Å². The van der Waals surface area contributed by atoms with Crippen LogP contribution in [0.15, 0.2) is 18.3 Å². The van der Waals surface area contributed by atoms with E-state index in [9.17, 15) is 9.59 Å². The van der Waals surface area contributed by atoms with Crippen LogP contribution in [0.5, 0.6) is 0 Å². The smallest absolute Gasteiger partial charge is 0.354 e. The molecular weight excluding hydrogens is 278 g/mol. The van der Waals surface area contributed by atoms with Gasteiger partial charge in [0.15, 0.2) is 0 Å². The normalized spacial score (nSPS) is 21.9. The fourth-order valence-electron chi connectivity index (χ4n) is 2.00. The number of aliphatic hydroxyl groups is 1. The van der Waals surface area contributed by atoms with E-state index in [0.29, 0.717) is 18.8 Å². The number of nitrogens with one attached hydrogen (secondary N) is 1. The molecule has 1 saturated heterocycles. The van der Waals surface area contributed by atoms with Crippen LogP contribution in [-0.2, 0) is 4.74 Å². The number of carboxylic acids is 1. The van der Waals surface area contributed by atoms with E-state index in [2.05, 4.69) is 10.3 Å². The Hall–Kier alpha value is -2.19. The number of aliphatic hydroxyl groups excluding tert-OH is 1. The Labute approximate surface area is 121 Å². The number of pyridine rings is 1. The van der Waals surface area contributed by atoms with Crippen LogP contribution in [0, 0.1) is 0 Å². The van der Waals surface area contributed by atoms with Gasteiger partial charge in [-0.1, -0.05) is 0 Å². The molecule has 1 aromatic heterocycles. The summed E-state index contributed by atoms with van der Waals surface area (Å²) in [5.41, 5.74) is 0.317. The maximum Gasteiger partial charge on any atom is 0.354 e. The van der Waals surface area contributed by atoms with Crippen LogP contribution in [0.2, 0.25) is 0 Å². The third-order valence-corrected chi connectivity index (χ3v) is 3.20. The van der Waals surface area contributed by atoms with Crippen molar-refractivity contribution < 1.29 is 24.5 Å². The third-order valence-electron chi connectivity index (χ3n) is 3.20. The highest BCUT2D eigenvalue weighted by atomic mass is 16.5. The summed E-state index contributed by atoms with van der Waals surface area (Å²) < 4.78 is 5.36. The largest absolute Gasteiger partial charge is 0.477 e. The summed E-state index contributed by atoms with van der Waals surface area (Å²) in [5, 5.41) is 20.5. The number of carbonyl (C=O) groups excluding carboxylic acids is 1. The molecule has 114 valence electrons. The van der Waals surface area contributed by atoms with E-state index in [0.717, 1.165) is 0 Å². The molecule has 8 nitrogen and oxygen atoms in total. The number of aromatic carboxylic acids is 1. The molecule has 0 spiro atoms. The zero-order valence-corrected chi connectivity index (χ0v) is 11.5. The highest BCUT2D eigenvalue weighted by Crippen LogP contribution is 2.14. The monoisotopic (exact) mass is 295 g/mol. The maximum atomic E-state index is 12.2. The van der Waals surface area contributed by atoms with Crippen LogP contribution >= 0.6 is 0 Å². The molecule has 0 aromatic carbocycles. The molecule has 0 radical (unpaired) electrons. The van der Waals surface area contributed by atoms with Crippen molar-refractivity contribution in [1.29, 1.82) is 0 Å². The predicted octanol–water partition coefficient (Wildman–Crippen LogP) is 0.393. The van der Waals surface area contributed by atoms with Crippen molar-refractivity contribution >= 4 is 17.7 Å². The summed E-state index contributed by atoms with van der Waals surface area (Å²) in [4.78, 5) is 28.2. The second-order valence-corrected chi connectivity index (χ2v) is 4.81. The minimum absolute atomic E-state index is 0.0897. The number of hydrogen-bond donors (Lipinski definition) is 3. The Morgan fingerprint density at radius 1 is 1.52 bits per heavy atom. The van der Waals surface area contributed by atoms with Gasteiger partial charge >= 0.3 is 12.0 Å². The van der Waals surface area contributed by atoms with Gasteiger partial charge in [0.1, 0.15) is 5.69 Å². The highest BCUT2D eigenvalue weighted by Gasteiger charge is 2.29. The molecule has 1 aromatic rings. The van der Waals surface area contributed by atoms with E-state index in [-0.39, 0.29) is 30.5 Å². The van der Waals surface area contributed by atoms with E-state index in [1.165, 1.54) is 18.3 Å². The molecule has 2 unspecified atom stereocenters. The lowest BCUT2D eigenvalue weighted by Crippen LogP contribution is -2.53. The number of anilines is 1. The molecule has 8 heteroatoms. The van der Waals surface area contributed by atoms with E-state index in [1.54, 1.807) is 4.90 Å². The summed E-state index contributed by atoms with van der Waals surface area (Å²) in [6, 6.07) is 2.34. The Morgan fingerprint density at radius 2 is 2.29 bits per heavy atom. The van der Waals surface area contributed by atoms with Gasteiger partial charge in [-0.3, -0.25) is 0 Å². The zero-order valence-electron chi connectivity index (χ0n) is 11.5. The minimum Gasteiger partial charge on any atom is -0.477 e. The van der Waals surface area contributed by atoms with E-state index < -0.39 is 5.97 Å². The summed E-state index contributed by atoms with van der Waals surface area (Å²) >= 11 is 0. The number of urea groups is 1. The first-order chi connectivity index (χ1) is 10.0. The molecule has 1 aliphatic rings. The van der Waals surface area contributed by atoms with Crippen molar-refractivity contribution in [3.8, 4) is 0 Å². The quantitative estimate of drug-likeness (QED) is 0.744. The van der Waals surface area contributed by atoms with Gasteiger partial charge in [0.2, 0.25) is 0 Å². The van der Waals surface area contributed by atoms with Gasteiger partial charge in [0.25, 0.3) is 0 Å². The standard InChI is InChI=1S/C13H17N3O5/c1-8-7-21-10(6-17)5-16(8)13(20)15-9-2-3-11(12(18)19)14-4-9/h2-4,8,10,17H,5-7H2,1H3,(H,15,20)(H,18,19). The first-order valence-corrected chi connectivity index (χ1v) is 6.50. The molecule has 0 aliphatic carbocycles. The van der Waals surface area contributed by atoms with Crippen molar-refractivity contribution in [3.05, 3.63) is 24.0 Å². The summed E-state index contributed by atoms with van der Waals surface area (Å²) in [6.07, 6.45) is 0.898. The van der Waals surface area contributed by atoms with Gasteiger partial charge in [-0.2, -0.15) is 0 Å². The van der Waals surface area contributed by atoms with Crippen LogP contribution < -0.4 is 5.32 Å². The molecule has 1 aliphatic heterocycles. The number of morpholine rings is 1. The van der Waals surface area contributed by atoms with Crippen molar-refractivity contribution in [2.45, 2.75) is 19.1 Å². The fourth-order valence-corrected chi connectivity index (χ4v) is 2.00. The highest BCUT2D eigenvalue weighted by molar-refractivity contribution is 5.90. The number of amides is 2. The molecule has 2 rings (SSSR count). The molecule has 2 amide bonds. The number of carbonyl (C=O) groups is 2. The summed E-state index contributed by atoms with van der Waals surface area (Å²) in [6.45, 7) is 2.35.